The summed E-state index contributed by atoms with van der Waals surface area (Å²) in [6.45, 7) is 19.7. The molecule has 1 aromatic rings. The van der Waals surface area contributed by atoms with Crippen molar-refractivity contribution in [2.75, 3.05) is 92.5 Å². The predicted molar refractivity (Wildman–Crippen MR) is 231 cm³/mol. The fourth-order valence-corrected chi connectivity index (χ4v) is 6.32. The zero-order chi connectivity index (χ0) is 46.1. The van der Waals surface area contributed by atoms with Gasteiger partial charge in [0.25, 0.3) is 0 Å². The number of carbonyl (C=O) groups excluding carboxylic acids is 3. The Bertz CT molecular complexity index is 1620. The minimum atomic E-state index is -0.907. The summed E-state index contributed by atoms with van der Waals surface area (Å²) in [6, 6.07) is 3.24. The summed E-state index contributed by atoms with van der Waals surface area (Å²) in [5.74, 6) is -1.71. The number of ether oxygens (including phenoxy) is 12. The summed E-state index contributed by atoms with van der Waals surface area (Å²) < 4.78 is 69.4. The van der Waals surface area contributed by atoms with Crippen molar-refractivity contribution >= 4 is 29.9 Å². The van der Waals surface area contributed by atoms with Gasteiger partial charge in [-0.1, -0.05) is 31.2 Å². The van der Waals surface area contributed by atoms with Crippen LogP contribution in [0.25, 0.3) is 6.08 Å². The number of benzene rings is 1. The van der Waals surface area contributed by atoms with E-state index in [-0.39, 0.29) is 57.1 Å². The standard InChI is InChI=1S/C45H72N2O15/c1-31-17-18-35(56-29-52-12)39-36(59-45(9,10)60-39)16-14-15-33-27-34(28-37(57-30-53-13)38(33)40(48)58-32(31)2)47(42(50)62-44(6,7)8)20-19-46(41(49)61-43(3,4)5)21-22-54-25-26-55-24-23-51-11/h14-15,17-18,27-28,31-32,35-36,39H,16,19-26,29-30H2,1-13H3/b15-14+,18-17-/t31-,32+,35-,36+,39-/m1/s1. The fraction of sp³-hybridized carbons (Fsp3) is 0.711. The lowest BCUT2D eigenvalue weighted by molar-refractivity contribution is -0.163. The van der Waals surface area contributed by atoms with E-state index in [4.69, 9.17) is 56.8 Å². The first kappa shape index (κ1) is 52.5. The Morgan fingerprint density at radius 1 is 0.790 bits per heavy atom. The number of esters is 1. The van der Waals surface area contributed by atoms with E-state index in [0.29, 0.717) is 44.1 Å². The molecule has 3 rings (SSSR count). The van der Waals surface area contributed by atoms with E-state index in [1.165, 1.54) is 16.9 Å². The van der Waals surface area contributed by atoms with Gasteiger partial charge in [0.2, 0.25) is 0 Å². The maximum absolute atomic E-state index is 14.2. The van der Waals surface area contributed by atoms with Gasteiger partial charge in [-0.2, -0.15) is 0 Å². The lowest BCUT2D eigenvalue weighted by Crippen LogP contribution is -2.45. The van der Waals surface area contributed by atoms with Crippen LogP contribution in [0.15, 0.2) is 30.4 Å². The second-order valence-corrected chi connectivity index (χ2v) is 17.4. The number of cyclic esters (lactones) is 1. The normalized spacial score (nSPS) is 22.7. The largest absolute Gasteiger partial charge is 0.467 e. The molecule has 62 heavy (non-hydrogen) atoms. The number of carbonyl (C=O) groups is 3. The number of rotatable bonds is 19. The molecule has 0 saturated carbocycles. The highest BCUT2D eigenvalue weighted by Gasteiger charge is 2.44. The minimum Gasteiger partial charge on any atom is -0.467 e. The van der Waals surface area contributed by atoms with Crippen molar-refractivity contribution in [3.05, 3.63) is 41.5 Å². The Hall–Kier alpha value is -3.81. The lowest BCUT2D eigenvalue weighted by atomic mass is 9.98. The molecule has 0 aliphatic carbocycles. The Morgan fingerprint density at radius 2 is 1.44 bits per heavy atom. The average molecular weight is 881 g/mol. The second kappa shape index (κ2) is 24.9. The summed E-state index contributed by atoms with van der Waals surface area (Å²) in [6.07, 6.45) is 4.41. The van der Waals surface area contributed by atoms with Crippen LogP contribution in [0.2, 0.25) is 0 Å². The number of nitrogens with zero attached hydrogens (tertiary/aromatic N) is 2. The first-order chi connectivity index (χ1) is 29.2. The van der Waals surface area contributed by atoms with Gasteiger partial charge in [0.1, 0.15) is 47.6 Å². The molecule has 17 heteroatoms. The molecule has 0 N–H and O–H groups in total. The van der Waals surface area contributed by atoms with Crippen LogP contribution >= 0.6 is 0 Å². The number of hydrogen-bond donors (Lipinski definition) is 0. The molecule has 1 saturated heterocycles. The number of hydrogen-bond acceptors (Lipinski definition) is 15. The van der Waals surface area contributed by atoms with Gasteiger partial charge in [0.15, 0.2) is 12.6 Å². The molecule has 2 heterocycles. The number of anilines is 1. The third kappa shape index (κ3) is 17.8. The van der Waals surface area contributed by atoms with E-state index >= 15 is 0 Å². The van der Waals surface area contributed by atoms with Crippen LogP contribution in [0, 0.1) is 5.92 Å². The topological polar surface area (TPSA) is 168 Å². The molecule has 2 aliphatic heterocycles. The fourth-order valence-electron chi connectivity index (χ4n) is 6.32. The highest BCUT2D eigenvalue weighted by Crippen LogP contribution is 2.36. The average Bonchev–Trinajstić information content (AvgIpc) is 3.48. The quantitative estimate of drug-likeness (QED) is 0.0458. The first-order valence-corrected chi connectivity index (χ1v) is 21.1. The Balaban J connectivity index is 2.12. The summed E-state index contributed by atoms with van der Waals surface area (Å²) in [5.41, 5.74) is -0.860. The van der Waals surface area contributed by atoms with Gasteiger partial charge in [-0.15, -0.1) is 0 Å². The molecule has 2 aliphatic rings. The van der Waals surface area contributed by atoms with E-state index in [1.54, 1.807) is 80.9 Å². The first-order valence-electron chi connectivity index (χ1n) is 21.1. The molecule has 1 aromatic carbocycles. The molecule has 0 radical (unpaired) electrons. The van der Waals surface area contributed by atoms with Crippen LogP contribution in [0.4, 0.5) is 15.3 Å². The molecule has 0 bridgehead atoms. The Labute approximate surface area is 368 Å². The van der Waals surface area contributed by atoms with Crippen molar-refractivity contribution in [2.45, 2.75) is 117 Å². The van der Waals surface area contributed by atoms with Crippen LogP contribution in [-0.2, 0) is 52.1 Å². The molecule has 352 valence electrons. The molecule has 2 amide bonds. The van der Waals surface area contributed by atoms with E-state index < -0.39 is 59.6 Å². The van der Waals surface area contributed by atoms with Gasteiger partial charge < -0.3 is 61.7 Å². The predicted octanol–water partition coefficient (Wildman–Crippen LogP) is 6.99. The molecule has 0 spiro atoms. The maximum atomic E-state index is 14.2. The van der Waals surface area contributed by atoms with Gasteiger partial charge in [-0.3, -0.25) is 4.90 Å². The smallest absolute Gasteiger partial charge is 0.414 e. The zero-order valence-electron chi connectivity index (χ0n) is 39.1. The third-order valence-electron chi connectivity index (χ3n) is 9.36. The summed E-state index contributed by atoms with van der Waals surface area (Å²) in [7, 11) is 4.60. The van der Waals surface area contributed by atoms with E-state index in [2.05, 4.69) is 0 Å². The SMILES string of the molecule is COCCOCCOCCN(CCN(C(=O)OC(C)(C)C)c1cc2c(c(OCOC)c1)C(=O)O[C@@H](C)[C@H](C)/C=C\[C@@H](OCOC)[C@H]1OC(C)(C)O[C@H]1C/C=C/2)C(=O)OC(C)(C)C. The minimum absolute atomic E-state index is 0.0243. The number of methoxy groups -OCH3 is 3. The Kier molecular flexibility index (Phi) is 21.1. The molecule has 0 unspecified atom stereocenters. The highest BCUT2D eigenvalue weighted by molar-refractivity contribution is 5.99. The van der Waals surface area contributed by atoms with E-state index in [1.807, 2.05) is 39.0 Å². The third-order valence-corrected chi connectivity index (χ3v) is 9.36. The van der Waals surface area contributed by atoms with E-state index in [9.17, 15) is 14.4 Å². The van der Waals surface area contributed by atoms with Crippen LogP contribution in [0.1, 0.15) is 91.6 Å². The van der Waals surface area contributed by atoms with Crippen molar-refractivity contribution in [3.63, 3.8) is 0 Å². The summed E-state index contributed by atoms with van der Waals surface area (Å²) >= 11 is 0. The monoisotopic (exact) mass is 880 g/mol. The Morgan fingerprint density at radius 3 is 2.08 bits per heavy atom. The van der Waals surface area contributed by atoms with Crippen molar-refractivity contribution in [1.29, 1.82) is 0 Å². The van der Waals surface area contributed by atoms with Crippen molar-refractivity contribution in [1.82, 2.24) is 4.90 Å². The van der Waals surface area contributed by atoms with Crippen LogP contribution < -0.4 is 9.64 Å². The van der Waals surface area contributed by atoms with Gasteiger partial charge in [0.05, 0.1) is 44.8 Å². The van der Waals surface area contributed by atoms with Crippen molar-refractivity contribution < 1.29 is 71.2 Å². The summed E-state index contributed by atoms with van der Waals surface area (Å²) in [4.78, 5) is 44.8. The maximum Gasteiger partial charge on any atom is 0.414 e. The lowest BCUT2D eigenvalue weighted by Gasteiger charge is -2.32. The van der Waals surface area contributed by atoms with Crippen LogP contribution in [0.3, 0.4) is 0 Å². The van der Waals surface area contributed by atoms with Gasteiger partial charge in [-0.05, 0) is 80.4 Å². The highest BCUT2D eigenvalue weighted by atomic mass is 16.8. The molecular weight excluding hydrogens is 808 g/mol. The van der Waals surface area contributed by atoms with Crippen LogP contribution in [0.5, 0.6) is 5.75 Å². The number of amides is 2. The van der Waals surface area contributed by atoms with Gasteiger partial charge >= 0.3 is 18.2 Å². The van der Waals surface area contributed by atoms with Crippen molar-refractivity contribution in [3.8, 4) is 5.75 Å². The zero-order valence-corrected chi connectivity index (χ0v) is 39.1. The van der Waals surface area contributed by atoms with Crippen molar-refractivity contribution in [2.24, 2.45) is 5.92 Å². The molecule has 0 aromatic heterocycles. The van der Waals surface area contributed by atoms with E-state index in [0.717, 1.165) is 0 Å². The molecule has 17 nitrogen and oxygen atoms in total. The molecule has 1 fully saturated rings. The molecular formula is C45H72N2O15. The number of fused-ring (bicyclic) bond motifs is 2. The molecule has 5 atom stereocenters. The van der Waals surface area contributed by atoms with Crippen LogP contribution in [-0.4, -0.2) is 152 Å². The van der Waals surface area contributed by atoms with Gasteiger partial charge in [-0.25, -0.2) is 14.4 Å². The summed E-state index contributed by atoms with van der Waals surface area (Å²) in [5, 5.41) is 0. The van der Waals surface area contributed by atoms with Gasteiger partial charge in [0, 0.05) is 52.9 Å². The second-order valence-electron chi connectivity index (χ2n) is 17.4.